The third kappa shape index (κ3) is 1.75. The third-order valence-corrected chi connectivity index (χ3v) is 7.20. The van der Waals surface area contributed by atoms with E-state index in [2.05, 4.69) is 24.2 Å². The summed E-state index contributed by atoms with van der Waals surface area (Å²) in [5, 5.41) is 3.61. The Bertz CT molecular complexity index is 344. The fourth-order valence-electron chi connectivity index (χ4n) is 6.66. The van der Waals surface area contributed by atoms with E-state index in [1.807, 2.05) is 0 Å². The fraction of sp³-hybridized carbons (Fsp3) is 1.00. The normalized spacial score (nSPS) is 50.8. The second kappa shape index (κ2) is 4.21. The molecule has 108 valence electrons. The molecule has 0 aromatic carbocycles. The van der Waals surface area contributed by atoms with Crippen molar-refractivity contribution in [2.24, 2.45) is 17.3 Å². The number of nitrogens with zero attached hydrogens (tertiary/aromatic N) is 1. The lowest BCUT2D eigenvalue weighted by atomic mass is 9.45. The molecule has 5 rings (SSSR count). The van der Waals surface area contributed by atoms with Crippen LogP contribution in [0.25, 0.3) is 0 Å². The van der Waals surface area contributed by atoms with Crippen molar-refractivity contribution in [3.63, 3.8) is 0 Å². The molecule has 1 N–H and O–H groups in total. The van der Waals surface area contributed by atoms with Crippen molar-refractivity contribution >= 4 is 0 Å². The minimum absolute atomic E-state index is 0.617. The highest BCUT2D eigenvalue weighted by molar-refractivity contribution is 5.15. The van der Waals surface area contributed by atoms with Crippen molar-refractivity contribution in [3.05, 3.63) is 0 Å². The minimum Gasteiger partial charge on any atom is -0.317 e. The predicted molar refractivity (Wildman–Crippen MR) is 79.2 cm³/mol. The number of hydrogen-bond donors (Lipinski definition) is 1. The smallest absolute Gasteiger partial charge is 0.0220 e. The molecule has 4 aliphatic carbocycles. The summed E-state index contributed by atoms with van der Waals surface area (Å²) in [7, 11) is 2.17. The molecular weight excluding hydrogens is 232 g/mol. The molecule has 3 unspecified atom stereocenters. The predicted octanol–water partition coefficient (Wildman–Crippen LogP) is 3.03. The van der Waals surface area contributed by atoms with E-state index in [0.717, 1.165) is 11.8 Å². The Morgan fingerprint density at radius 1 is 1.05 bits per heavy atom. The Hall–Kier alpha value is -0.0800. The summed E-state index contributed by atoms with van der Waals surface area (Å²) >= 11 is 0. The van der Waals surface area contributed by atoms with Gasteiger partial charge >= 0.3 is 0 Å². The van der Waals surface area contributed by atoms with E-state index in [-0.39, 0.29) is 0 Å². The molecule has 4 bridgehead atoms. The monoisotopic (exact) mass is 262 g/mol. The van der Waals surface area contributed by atoms with E-state index in [4.69, 9.17) is 0 Å². The Balaban J connectivity index is 1.67. The maximum atomic E-state index is 3.61. The van der Waals surface area contributed by atoms with Crippen LogP contribution in [0.5, 0.6) is 0 Å². The van der Waals surface area contributed by atoms with Gasteiger partial charge in [-0.25, -0.2) is 0 Å². The largest absolute Gasteiger partial charge is 0.317 e. The fourth-order valence-corrected chi connectivity index (χ4v) is 6.66. The van der Waals surface area contributed by atoms with Crippen LogP contribution in [0.1, 0.15) is 58.3 Å². The first-order chi connectivity index (χ1) is 9.16. The number of nitrogens with one attached hydrogen (secondary N) is 1. The highest BCUT2D eigenvalue weighted by atomic mass is 15.2. The average molecular weight is 262 g/mol. The highest BCUT2D eigenvalue weighted by Gasteiger charge is 2.60. The van der Waals surface area contributed by atoms with Gasteiger partial charge in [0.15, 0.2) is 0 Å². The van der Waals surface area contributed by atoms with Gasteiger partial charge in [0.25, 0.3) is 0 Å². The second-order valence-electron chi connectivity index (χ2n) is 8.25. The Morgan fingerprint density at radius 3 is 2.26 bits per heavy atom. The minimum atomic E-state index is 0.617. The van der Waals surface area contributed by atoms with E-state index in [0.29, 0.717) is 17.0 Å². The zero-order valence-electron chi connectivity index (χ0n) is 12.8. The van der Waals surface area contributed by atoms with Crippen LogP contribution in [0.2, 0.25) is 0 Å². The van der Waals surface area contributed by atoms with Crippen LogP contribution in [-0.2, 0) is 0 Å². The number of rotatable bonds is 3. The van der Waals surface area contributed by atoms with Gasteiger partial charge in [0.1, 0.15) is 0 Å². The molecule has 19 heavy (non-hydrogen) atoms. The zero-order valence-corrected chi connectivity index (χ0v) is 12.8. The molecule has 0 aromatic rings. The summed E-state index contributed by atoms with van der Waals surface area (Å²) in [6, 6.07) is 0.709. The van der Waals surface area contributed by atoms with E-state index in [1.165, 1.54) is 58.0 Å². The number of likely N-dealkylation sites (tertiary alicyclic amines) is 1. The van der Waals surface area contributed by atoms with Crippen molar-refractivity contribution < 1.29 is 0 Å². The van der Waals surface area contributed by atoms with Gasteiger partial charge in [-0.2, -0.15) is 0 Å². The first kappa shape index (κ1) is 12.6. The topological polar surface area (TPSA) is 15.3 Å². The molecule has 4 saturated carbocycles. The van der Waals surface area contributed by atoms with Gasteiger partial charge in [0.05, 0.1) is 0 Å². The van der Waals surface area contributed by atoms with Gasteiger partial charge in [0.2, 0.25) is 0 Å². The van der Waals surface area contributed by atoms with Crippen molar-refractivity contribution in [1.82, 2.24) is 10.2 Å². The van der Waals surface area contributed by atoms with E-state index in [9.17, 15) is 0 Å². The molecule has 0 spiro atoms. The first-order valence-electron chi connectivity index (χ1n) is 8.58. The summed E-state index contributed by atoms with van der Waals surface area (Å²) < 4.78 is 0. The summed E-state index contributed by atoms with van der Waals surface area (Å²) in [5.74, 6) is 2.08. The molecule has 5 fully saturated rings. The third-order valence-electron chi connectivity index (χ3n) is 7.20. The van der Waals surface area contributed by atoms with E-state index >= 15 is 0 Å². The molecule has 2 heteroatoms. The molecular formula is C17H30N2. The molecule has 0 amide bonds. The van der Waals surface area contributed by atoms with Crippen molar-refractivity contribution in [3.8, 4) is 0 Å². The van der Waals surface area contributed by atoms with Crippen LogP contribution >= 0.6 is 0 Å². The lowest BCUT2D eigenvalue weighted by Crippen LogP contribution is -2.65. The molecule has 1 aliphatic heterocycles. The average Bonchev–Trinajstić information content (AvgIpc) is 2.90. The van der Waals surface area contributed by atoms with Crippen LogP contribution < -0.4 is 5.32 Å². The van der Waals surface area contributed by atoms with Gasteiger partial charge in [-0.05, 0) is 95.7 Å². The lowest BCUT2D eigenvalue weighted by Gasteiger charge is -2.66. The van der Waals surface area contributed by atoms with Crippen molar-refractivity contribution in [2.75, 3.05) is 20.1 Å². The summed E-state index contributed by atoms with van der Waals surface area (Å²) in [6.07, 6.45) is 12.0. The zero-order chi connectivity index (χ0) is 13.1. The Kier molecular flexibility index (Phi) is 2.80. The first-order valence-corrected chi connectivity index (χ1v) is 8.58. The van der Waals surface area contributed by atoms with Crippen LogP contribution in [0.3, 0.4) is 0 Å². The number of hydrogen-bond acceptors (Lipinski definition) is 2. The Labute approximate surface area is 118 Å². The summed E-state index contributed by atoms with van der Waals surface area (Å²) in [4.78, 5) is 2.92. The maximum absolute atomic E-state index is 3.61. The van der Waals surface area contributed by atoms with Gasteiger partial charge in [-0.15, -0.1) is 0 Å². The lowest BCUT2D eigenvalue weighted by molar-refractivity contribution is -0.137. The van der Waals surface area contributed by atoms with Crippen molar-refractivity contribution in [2.45, 2.75) is 69.9 Å². The van der Waals surface area contributed by atoms with Crippen molar-refractivity contribution in [1.29, 1.82) is 0 Å². The van der Waals surface area contributed by atoms with Crippen LogP contribution in [0, 0.1) is 17.3 Å². The molecule has 1 heterocycles. The van der Waals surface area contributed by atoms with Crippen LogP contribution in [0.15, 0.2) is 0 Å². The van der Waals surface area contributed by atoms with Gasteiger partial charge in [0, 0.05) is 11.6 Å². The molecule has 0 aromatic heterocycles. The highest BCUT2D eigenvalue weighted by Crippen LogP contribution is 2.64. The van der Waals surface area contributed by atoms with Gasteiger partial charge < -0.3 is 5.32 Å². The van der Waals surface area contributed by atoms with E-state index < -0.39 is 0 Å². The SMILES string of the molecule is CNC(C)C12CC3CC(C1)CC(N1CCCC1)(C3)C2. The maximum Gasteiger partial charge on any atom is 0.0220 e. The van der Waals surface area contributed by atoms with Crippen LogP contribution in [-0.4, -0.2) is 36.6 Å². The van der Waals surface area contributed by atoms with Crippen LogP contribution in [0.4, 0.5) is 0 Å². The summed E-state index contributed by atoms with van der Waals surface area (Å²) in [5.41, 5.74) is 1.24. The Morgan fingerprint density at radius 2 is 1.68 bits per heavy atom. The van der Waals surface area contributed by atoms with E-state index in [1.54, 1.807) is 6.42 Å². The molecule has 3 atom stereocenters. The van der Waals surface area contributed by atoms with Gasteiger partial charge in [-0.3, -0.25) is 4.90 Å². The molecule has 0 radical (unpaired) electrons. The molecule has 1 saturated heterocycles. The quantitative estimate of drug-likeness (QED) is 0.841. The standard InChI is InChI=1S/C17H30N2/c1-13(18-2)16-8-14-7-15(9-16)11-17(10-14,12-16)19-5-3-4-6-19/h13-15,18H,3-12H2,1-2H3. The molecule has 2 nitrogen and oxygen atoms in total. The van der Waals surface area contributed by atoms with Gasteiger partial charge in [-0.1, -0.05) is 0 Å². The summed E-state index contributed by atoms with van der Waals surface area (Å²) in [6.45, 7) is 5.23. The molecule has 5 aliphatic rings. The second-order valence-corrected chi connectivity index (χ2v) is 8.25.